The number of hydrogen-bond acceptors (Lipinski definition) is 4. The van der Waals surface area contributed by atoms with Crippen molar-refractivity contribution in [3.63, 3.8) is 0 Å². The number of anilines is 1. The van der Waals surface area contributed by atoms with Gasteiger partial charge in [-0.05, 0) is 41.9 Å². The smallest absolute Gasteiger partial charge is 0.193 e. The molecule has 1 heterocycles. The normalized spacial score (nSPS) is 11.4. The van der Waals surface area contributed by atoms with Gasteiger partial charge in [0.2, 0.25) is 0 Å². The van der Waals surface area contributed by atoms with Crippen LogP contribution in [0.15, 0.2) is 45.7 Å². The van der Waals surface area contributed by atoms with Gasteiger partial charge < -0.3 is 9.73 Å². The van der Waals surface area contributed by atoms with Crippen LogP contribution in [0.4, 0.5) is 5.69 Å². The van der Waals surface area contributed by atoms with Crippen molar-refractivity contribution in [2.24, 2.45) is 0 Å². The molecular formula is C12H12ClNO3S. The van der Waals surface area contributed by atoms with E-state index < -0.39 is 9.84 Å². The first kappa shape index (κ1) is 13.0. The Hall–Kier alpha value is -1.46. The molecule has 18 heavy (non-hydrogen) atoms. The van der Waals surface area contributed by atoms with Crippen LogP contribution < -0.4 is 5.32 Å². The van der Waals surface area contributed by atoms with E-state index in [4.69, 9.17) is 16.0 Å². The van der Waals surface area contributed by atoms with Gasteiger partial charge in [0.05, 0.1) is 11.4 Å². The quantitative estimate of drug-likeness (QED) is 0.938. The number of sulfone groups is 1. The third kappa shape index (κ3) is 3.27. The first-order valence-corrected chi connectivity index (χ1v) is 7.50. The standard InChI is InChI=1S/C12H12ClNO3S/c1-18(15,16)11-4-2-3-9(7-11)14-8-10-5-6-12(13)17-10/h2-7,14H,8H2,1H3. The van der Waals surface area contributed by atoms with Crippen LogP contribution in [0, 0.1) is 0 Å². The Balaban J connectivity index is 2.11. The highest BCUT2D eigenvalue weighted by molar-refractivity contribution is 7.90. The summed E-state index contributed by atoms with van der Waals surface area (Å²) in [4.78, 5) is 0.282. The van der Waals surface area contributed by atoms with Crippen molar-refractivity contribution >= 4 is 27.1 Å². The maximum absolute atomic E-state index is 11.4. The molecule has 0 saturated carbocycles. The minimum Gasteiger partial charge on any atom is -0.448 e. The van der Waals surface area contributed by atoms with Crippen LogP contribution >= 0.6 is 11.6 Å². The third-order valence-electron chi connectivity index (χ3n) is 2.36. The molecule has 2 aromatic rings. The Labute approximate surface area is 110 Å². The van der Waals surface area contributed by atoms with E-state index in [9.17, 15) is 8.42 Å². The van der Waals surface area contributed by atoms with Crippen LogP contribution in [0.2, 0.25) is 5.22 Å². The van der Waals surface area contributed by atoms with E-state index in [1.807, 2.05) is 0 Å². The van der Waals surface area contributed by atoms with Crippen LogP contribution in [0.3, 0.4) is 0 Å². The molecule has 0 amide bonds. The molecule has 0 unspecified atom stereocenters. The summed E-state index contributed by atoms with van der Waals surface area (Å²) < 4.78 is 28.0. The second-order valence-electron chi connectivity index (χ2n) is 3.86. The monoisotopic (exact) mass is 285 g/mol. The van der Waals surface area contributed by atoms with Crippen LogP contribution in [-0.4, -0.2) is 14.7 Å². The second kappa shape index (κ2) is 5.04. The topological polar surface area (TPSA) is 59.3 Å². The molecule has 4 nitrogen and oxygen atoms in total. The first-order chi connectivity index (χ1) is 8.45. The fourth-order valence-corrected chi connectivity index (χ4v) is 2.30. The van der Waals surface area contributed by atoms with Gasteiger partial charge in [-0.15, -0.1) is 0 Å². The summed E-state index contributed by atoms with van der Waals surface area (Å²) in [7, 11) is -3.19. The molecule has 0 aliphatic carbocycles. The maximum Gasteiger partial charge on any atom is 0.193 e. The summed E-state index contributed by atoms with van der Waals surface area (Å²) in [6.45, 7) is 0.444. The number of furan rings is 1. The number of halogens is 1. The fraction of sp³-hybridized carbons (Fsp3) is 0.167. The van der Waals surface area contributed by atoms with E-state index >= 15 is 0 Å². The van der Waals surface area contributed by atoms with Crippen molar-refractivity contribution in [2.45, 2.75) is 11.4 Å². The molecule has 0 bridgehead atoms. The van der Waals surface area contributed by atoms with Gasteiger partial charge in [-0.1, -0.05) is 6.07 Å². The summed E-state index contributed by atoms with van der Waals surface area (Å²) in [5.41, 5.74) is 0.713. The Kier molecular flexibility index (Phi) is 3.63. The minimum absolute atomic E-state index is 0.282. The highest BCUT2D eigenvalue weighted by Crippen LogP contribution is 2.18. The average Bonchev–Trinajstić information content (AvgIpc) is 2.72. The van der Waals surface area contributed by atoms with Gasteiger partial charge in [0.1, 0.15) is 5.76 Å². The molecule has 1 aromatic carbocycles. The molecule has 0 aliphatic heterocycles. The van der Waals surface area contributed by atoms with E-state index in [1.54, 1.807) is 36.4 Å². The Bertz CT molecular complexity index is 649. The van der Waals surface area contributed by atoms with Crippen molar-refractivity contribution in [1.82, 2.24) is 0 Å². The van der Waals surface area contributed by atoms with E-state index in [0.717, 1.165) is 0 Å². The van der Waals surface area contributed by atoms with Gasteiger partial charge in [-0.3, -0.25) is 0 Å². The predicted octanol–water partition coefficient (Wildman–Crippen LogP) is 2.95. The van der Waals surface area contributed by atoms with E-state index in [1.165, 1.54) is 6.26 Å². The molecule has 1 N–H and O–H groups in total. The van der Waals surface area contributed by atoms with Gasteiger partial charge in [0.25, 0.3) is 0 Å². The van der Waals surface area contributed by atoms with Gasteiger partial charge in [-0.25, -0.2) is 8.42 Å². The van der Waals surface area contributed by atoms with E-state index in [0.29, 0.717) is 23.2 Å². The summed E-state index contributed by atoms with van der Waals surface area (Å²) in [6.07, 6.45) is 1.18. The Morgan fingerprint density at radius 1 is 1.28 bits per heavy atom. The number of rotatable bonds is 4. The van der Waals surface area contributed by atoms with Crippen molar-refractivity contribution in [2.75, 3.05) is 11.6 Å². The van der Waals surface area contributed by atoms with Crippen molar-refractivity contribution in [3.05, 3.63) is 47.4 Å². The SMILES string of the molecule is CS(=O)(=O)c1cccc(NCc2ccc(Cl)o2)c1. The molecule has 0 atom stereocenters. The zero-order valence-electron chi connectivity index (χ0n) is 9.68. The summed E-state index contributed by atoms with van der Waals surface area (Å²) in [5, 5.41) is 3.40. The zero-order valence-corrected chi connectivity index (χ0v) is 11.3. The van der Waals surface area contributed by atoms with E-state index in [2.05, 4.69) is 5.32 Å². The molecular weight excluding hydrogens is 274 g/mol. The molecule has 0 spiro atoms. The summed E-state index contributed by atoms with van der Waals surface area (Å²) in [5.74, 6) is 0.685. The molecule has 2 rings (SSSR count). The van der Waals surface area contributed by atoms with Crippen LogP contribution in [0.25, 0.3) is 0 Å². The highest BCUT2D eigenvalue weighted by atomic mass is 35.5. The van der Waals surface area contributed by atoms with Crippen molar-refractivity contribution < 1.29 is 12.8 Å². The van der Waals surface area contributed by atoms with Gasteiger partial charge in [0, 0.05) is 11.9 Å². The highest BCUT2D eigenvalue weighted by Gasteiger charge is 2.07. The number of nitrogens with one attached hydrogen (secondary N) is 1. The Morgan fingerprint density at radius 2 is 2.06 bits per heavy atom. The average molecular weight is 286 g/mol. The third-order valence-corrected chi connectivity index (χ3v) is 3.67. The summed E-state index contributed by atoms with van der Waals surface area (Å²) >= 11 is 5.65. The van der Waals surface area contributed by atoms with E-state index in [-0.39, 0.29) is 4.90 Å². The second-order valence-corrected chi connectivity index (χ2v) is 6.25. The van der Waals surface area contributed by atoms with Gasteiger partial charge in [0.15, 0.2) is 15.1 Å². The Morgan fingerprint density at radius 3 is 2.67 bits per heavy atom. The minimum atomic E-state index is -3.19. The van der Waals surface area contributed by atoms with Crippen molar-refractivity contribution in [1.29, 1.82) is 0 Å². The van der Waals surface area contributed by atoms with Gasteiger partial charge in [-0.2, -0.15) is 0 Å². The van der Waals surface area contributed by atoms with Crippen molar-refractivity contribution in [3.8, 4) is 0 Å². The first-order valence-electron chi connectivity index (χ1n) is 5.23. The molecule has 96 valence electrons. The number of hydrogen-bond donors (Lipinski definition) is 1. The zero-order chi connectivity index (χ0) is 13.2. The predicted molar refractivity (Wildman–Crippen MR) is 70.6 cm³/mol. The largest absolute Gasteiger partial charge is 0.448 e. The lowest BCUT2D eigenvalue weighted by atomic mass is 10.3. The lowest BCUT2D eigenvalue weighted by molar-refractivity contribution is 0.520. The van der Waals surface area contributed by atoms with Crippen LogP contribution in [0.5, 0.6) is 0 Å². The summed E-state index contributed by atoms with van der Waals surface area (Å²) in [6, 6.07) is 10.0. The van der Waals surface area contributed by atoms with Gasteiger partial charge >= 0.3 is 0 Å². The molecule has 6 heteroatoms. The number of benzene rings is 1. The molecule has 0 aliphatic rings. The molecule has 0 radical (unpaired) electrons. The maximum atomic E-state index is 11.4. The lowest BCUT2D eigenvalue weighted by Crippen LogP contribution is -2.01. The molecule has 0 fully saturated rings. The van der Waals surface area contributed by atoms with Crippen LogP contribution in [-0.2, 0) is 16.4 Å². The fourth-order valence-electron chi connectivity index (χ4n) is 1.47. The lowest BCUT2D eigenvalue weighted by Gasteiger charge is -2.06. The van der Waals surface area contributed by atoms with Crippen LogP contribution in [0.1, 0.15) is 5.76 Å². The molecule has 0 saturated heterocycles. The molecule has 1 aromatic heterocycles.